The largest absolute Gasteiger partial charge is 0.497 e. The van der Waals surface area contributed by atoms with Crippen LogP contribution in [0.1, 0.15) is 0 Å². The van der Waals surface area contributed by atoms with Gasteiger partial charge in [-0.15, -0.1) is 0 Å². The van der Waals surface area contributed by atoms with Crippen molar-refractivity contribution in [2.45, 2.75) is 0 Å². The van der Waals surface area contributed by atoms with E-state index in [1.165, 1.54) is 0 Å². The van der Waals surface area contributed by atoms with Crippen LogP contribution < -0.4 is 9.47 Å². The monoisotopic (exact) mass is 648 g/mol. The van der Waals surface area contributed by atoms with Crippen molar-refractivity contribution in [1.29, 1.82) is 0 Å². The Labute approximate surface area is 285 Å². The summed E-state index contributed by atoms with van der Waals surface area (Å²) in [6.07, 6.45) is 0. The van der Waals surface area contributed by atoms with Crippen molar-refractivity contribution in [3.63, 3.8) is 0 Å². The Hall–Kier alpha value is -6.80. The molecule has 0 saturated heterocycles. The minimum absolute atomic E-state index is 0.527. The fourth-order valence-corrected chi connectivity index (χ4v) is 7.28. The number of hydrogen-bond donors (Lipinski definition) is 0. The number of nitrogens with zero attached hydrogens (tertiary/aromatic N) is 6. The number of rotatable bonds is 5. The molecule has 0 N–H and O–H groups in total. The van der Waals surface area contributed by atoms with E-state index in [0.717, 1.165) is 82.8 Å². The van der Waals surface area contributed by atoms with Gasteiger partial charge >= 0.3 is 0 Å². The molecular formula is C42H28N6O2. The minimum atomic E-state index is 0.527. The molecule has 10 rings (SSSR count). The van der Waals surface area contributed by atoms with E-state index in [0.29, 0.717) is 17.6 Å². The third kappa shape index (κ3) is 4.12. The Balaban J connectivity index is 1.32. The van der Waals surface area contributed by atoms with Crippen molar-refractivity contribution >= 4 is 60.2 Å². The molecule has 8 nitrogen and oxygen atoms in total. The Morgan fingerprint density at radius 2 is 1.00 bits per heavy atom. The standard InChI is InChI=1S/C42H28N6O2/c1-49-27-19-15-25(16-20-27)39-44-40(26-17-21-28(50-2)22-18-26)46-42(45-39)48-34-13-7-4-10-30(34)38-36(48)24-23-31-37(38)29-9-3-6-12-33(29)47-35-14-8-5-11-32(35)43-41(31)47/h3-24H,1-2H3. The lowest BCUT2D eigenvalue weighted by Crippen LogP contribution is -2.06. The fraction of sp³-hybridized carbons (Fsp3) is 0.0476. The van der Waals surface area contributed by atoms with Crippen molar-refractivity contribution in [1.82, 2.24) is 28.9 Å². The first-order valence-electron chi connectivity index (χ1n) is 16.4. The van der Waals surface area contributed by atoms with Crippen LogP contribution in [-0.4, -0.2) is 43.1 Å². The van der Waals surface area contributed by atoms with Gasteiger partial charge in [-0.2, -0.15) is 9.97 Å². The van der Waals surface area contributed by atoms with Crippen LogP contribution >= 0.6 is 0 Å². The normalized spacial score (nSPS) is 11.8. The van der Waals surface area contributed by atoms with Gasteiger partial charge in [0.2, 0.25) is 5.95 Å². The molecule has 0 aliphatic rings. The van der Waals surface area contributed by atoms with Crippen LogP contribution in [0.2, 0.25) is 0 Å². The van der Waals surface area contributed by atoms with E-state index in [2.05, 4.69) is 87.8 Å². The molecule has 0 bridgehead atoms. The molecule has 6 aromatic carbocycles. The second-order valence-corrected chi connectivity index (χ2v) is 12.3. The van der Waals surface area contributed by atoms with E-state index >= 15 is 0 Å². The van der Waals surface area contributed by atoms with Crippen LogP contribution in [0, 0.1) is 0 Å². The number of fused-ring (bicyclic) bond motifs is 12. The molecule has 238 valence electrons. The number of imidazole rings is 1. The highest BCUT2D eigenvalue weighted by molar-refractivity contribution is 6.30. The van der Waals surface area contributed by atoms with Crippen molar-refractivity contribution in [3.8, 4) is 40.2 Å². The smallest absolute Gasteiger partial charge is 0.238 e. The molecule has 0 aliphatic carbocycles. The molecule has 0 atom stereocenters. The highest BCUT2D eigenvalue weighted by atomic mass is 16.5. The predicted molar refractivity (Wildman–Crippen MR) is 199 cm³/mol. The lowest BCUT2D eigenvalue weighted by Gasteiger charge is -2.12. The summed E-state index contributed by atoms with van der Waals surface area (Å²) in [6.45, 7) is 0. The number of ether oxygens (including phenoxy) is 2. The third-order valence-electron chi connectivity index (χ3n) is 9.57. The van der Waals surface area contributed by atoms with Gasteiger partial charge < -0.3 is 9.47 Å². The van der Waals surface area contributed by atoms with Crippen molar-refractivity contribution in [2.75, 3.05) is 14.2 Å². The fourth-order valence-electron chi connectivity index (χ4n) is 7.28. The van der Waals surface area contributed by atoms with Crippen molar-refractivity contribution in [2.24, 2.45) is 0 Å². The maximum Gasteiger partial charge on any atom is 0.238 e. The summed E-state index contributed by atoms with van der Waals surface area (Å²) < 4.78 is 15.3. The molecule has 0 unspecified atom stereocenters. The van der Waals surface area contributed by atoms with Gasteiger partial charge in [0.05, 0.1) is 41.8 Å². The first-order chi connectivity index (χ1) is 24.7. The van der Waals surface area contributed by atoms with Crippen LogP contribution in [0.25, 0.3) is 88.9 Å². The topological polar surface area (TPSA) is 79.4 Å². The Morgan fingerprint density at radius 3 is 1.64 bits per heavy atom. The first-order valence-corrected chi connectivity index (χ1v) is 16.4. The summed E-state index contributed by atoms with van der Waals surface area (Å²) in [5.41, 5.74) is 7.81. The summed E-state index contributed by atoms with van der Waals surface area (Å²) in [5.74, 6) is 3.18. The van der Waals surface area contributed by atoms with E-state index in [-0.39, 0.29) is 0 Å². The zero-order chi connectivity index (χ0) is 33.3. The highest BCUT2D eigenvalue weighted by Gasteiger charge is 2.22. The molecule has 0 spiro atoms. The Kier molecular flexibility index (Phi) is 6.13. The van der Waals surface area contributed by atoms with Gasteiger partial charge in [0.25, 0.3) is 0 Å². The average molecular weight is 649 g/mol. The van der Waals surface area contributed by atoms with Crippen LogP contribution in [0.4, 0.5) is 0 Å². The molecule has 0 saturated carbocycles. The molecule has 0 fully saturated rings. The van der Waals surface area contributed by atoms with Crippen LogP contribution in [0.15, 0.2) is 133 Å². The van der Waals surface area contributed by atoms with Gasteiger partial charge in [-0.25, -0.2) is 9.97 Å². The van der Waals surface area contributed by atoms with E-state index in [1.807, 2.05) is 54.6 Å². The molecule has 4 heterocycles. The van der Waals surface area contributed by atoms with Gasteiger partial charge in [0, 0.05) is 38.1 Å². The molecule has 0 radical (unpaired) electrons. The molecule has 8 heteroatoms. The number of methoxy groups -OCH3 is 2. The van der Waals surface area contributed by atoms with Gasteiger partial charge in [-0.1, -0.05) is 48.5 Å². The lowest BCUT2D eigenvalue weighted by molar-refractivity contribution is 0.415. The maximum absolute atomic E-state index is 5.43. The SMILES string of the molecule is COc1ccc(-c2nc(-c3ccc(OC)cc3)nc(-n3c4ccccc4c4c5c6ccccc6n6c7ccccc7nc6c5ccc43)n2)cc1. The van der Waals surface area contributed by atoms with Crippen molar-refractivity contribution in [3.05, 3.63) is 133 Å². The van der Waals surface area contributed by atoms with Gasteiger partial charge in [0.15, 0.2) is 11.6 Å². The minimum Gasteiger partial charge on any atom is -0.497 e. The summed E-state index contributed by atoms with van der Waals surface area (Å²) in [7, 11) is 3.32. The van der Waals surface area contributed by atoms with Gasteiger partial charge in [-0.05, 0) is 84.9 Å². The predicted octanol–water partition coefficient (Wildman–Crippen LogP) is 9.43. The summed E-state index contributed by atoms with van der Waals surface area (Å²) in [6, 6.07) is 45.3. The second kappa shape index (κ2) is 10.9. The maximum atomic E-state index is 5.43. The zero-order valence-electron chi connectivity index (χ0n) is 27.2. The van der Waals surface area contributed by atoms with Crippen LogP contribution in [0.3, 0.4) is 0 Å². The highest BCUT2D eigenvalue weighted by Crippen LogP contribution is 2.42. The summed E-state index contributed by atoms with van der Waals surface area (Å²) in [5, 5.41) is 5.62. The first kappa shape index (κ1) is 28.2. The van der Waals surface area contributed by atoms with E-state index in [9.17, 15) is 0 Å². The number of para-hydroxylation sites is 4. The van der Waals surface area contributed by atoms with Crippen LogP contribution in [-0.2, 0) is 0 Å². The summed E-state index contributed by atoms with van der Waals surface area (Å²) in [4.78, 5) is 20.4. The van der Waals surface area contributed by atoms with Crippen molar-refractivity contribution < 1.29 is 9.47 Å². The molecule has 4 aromatic heterocycles. The molecule has 0 aliphatic heterocycles. The Morgan fingerprint density at radius 1 is 0.440 bits per heavy atom. The van der Waals surface area contributed by atoms with Gasteiger partial charge in [-0.3, -0.25) is 8.97 Å². The molecular weight excluding hydrogens is 621 g/mol. The van der Waals surface area contributed by atoms with E-state index in [1.54, 1.807) is 14.2 Å². The average Bonchev–Trinajstić information content (AvgIpc) is 3.74. The third-order valence-corrected chi connectivity index (χ3v) is 9.57. The second-order valence-electron chi connectivity index (χ2n) is 12.3. The lowest BCUT2D eigenvalue weighted by atomic mass is 10.00. The molecule has 0 amide bonds. The van der Waals surface area contributed by atoms with Crippen LogP contribution in [0.5, 0.6) is 11.5 Å². The number of hydrogen-bond acceptors (Lipinski definition) is 6. The Bertz CT molecular complexity index is 2880. The quantitative estimate of drug-likeness (QED) is 0.173. The number of aromatic nitrogens is 6. The number of pyridine rings is 1. The molecule has 10 aromatic rings. The van der Waals surface area contributed by atoms with E-state index in [4.69, 9.17) is 29.4 Å². The van der Waals surface area contributed by atoms with Gasteiger partial charge in [0.1, 0.15) is 17.1 Å². The zero-order valence-corrected chi connectivity index (χ0v) is 27.2. The molecule has 50 heavy (non-hydrogen) atoms. The van der Waals surface area contributed by atoms with E-state index < -0.39 is 0 Å². The summed E-state index contributed by atoms with van der Waals surface area (Å²) >= 11 is 0. The number of benzene rings is 6.